The van der Waals surface area contributed by atoms with Crippen LogP contribution in [0, 0.1) is 11.8 Å². The first-order valence-corrected chi connectivity index (χ1v) is 8.09. The maximum Gasteiger partial charge on any atom is 0.246 e. The topological polar surface area (TPSA) is 49.4 Å². The Kier molecular flexibility index (Phi) is 4.71. The zero-order chi connectivity index (χ0) is 14.9. The lowest BCUT2D eigenvalue weighted by Crippen LogP contribution is -2.67. The minimum Gasteiger partial charge on any atom is -0.343 e. The second-order valence-electron chi connectivity index (χ2n) is 6.69. The Morgan fingerprint density at radius 2 is 1.80 bits per heavy atom. The third kappa shape index (κ3) is 2.70. The Labute approximate surface area is 122 Å². The predicted octanol–water partition coefficient (Wildman–Crippen LogP) is 2.33. The summed E-state index contributed by atoms with van der Waals surface area (Å²) in [5.74, 6) is 0.853. The molecule has 114 valence electrons. The van der Waals surface area contributed by atoms with E-state index in [1.54, 1.807) is 0 Å². The van der Waals surface area contributed by atoms with Crippen LogP contribution in [0.4, 0.5) is 0 Å². The van der Waals surface area contributed by atoms with E-state index < -0.39 is 0 Å². The van der Waals surface area contributed by atoms with Gasteiger partial charge in [-0.3, -0.25) is 9.59 Å². The summed E-state index contributed by atoms with van der Waals surface area (Å²) in [6.07, 6.45) is 5.56. The first-order chi connectivity index (χ1) is 9.47. The summed E-state index contributed by atoms with van der Waals surface area (Å²) < 4.78 is 0. The Morgan fingerprint density at radius 1 is 1.20 bits per heavy atom. The third-order valence-electron chi connectivity index (χ3n) is 5.00. The maximum absolute atomic E-state index is 12.7. The molecule has 20 heavy (non-hydrogen) atoms. The van der Waals surface area contributed by atoms with Crippen molar-refractivity contribution in [2.24, 2.45) is 11.8 Å². The van der Waals surface area contributed by atoms with Crippen LogP contribution in [0.5, 0.6) is 0 Å². The molecule has 3 atom stereocenters. The lowest BCUT2D eigenvalue weighted by atomic mass is 9.90. The first-order valence-electron chi connectivity index (χ1n) is 8.09. The molecule has 2 fully saturated rings. The van der Waals surface area contributed by atoms with Crippen LogP contribution in [0.1, 0.15) is 59.8 Å². The van der Waals surface area contributed by atoms with E-state index in [0.29, 0.717) is 12.3 Å². The summed E-state index contributed by atoms with van der Waals surface area (Å²) >= 11 is 0. The Balaban J connectivity index is 2.26. The highest BCUT2D eigenvalue weighted by Crippen LogP contribution is 2.33. The quantitative estimate of drug-likeness (QED) is 0.859. The predicted molar refractivity (Wildman–Crippen MR) is 79.1 cm³/mol. The van der Waals surface area contributed by atoms with E-state index in [9.17, 15) is 9.59 Å². The van der Waals surface area contributed by atoms with Gasteiger partial charge in [0, 0.05) is 6.04 Å². The van der Waals surface area contributed by atoms with E-state index in [1.807, 2.05) is 25.7 Å². The number of amides is 2. The zero-order valence-corrected chi connectivity index (χ0v) is 13.2. The highest BCUT2D eigenvalue weighted by atomic mass is 16.2. The van der Waals surface area contributed by atoms with Gasteiger partial charge in [0.05, 0.1) is 0 Å². The monoisotopic (exact) mass is 280 g/mol. The van der Waals surface area contributed by atoms with Gasteiger partial charge in [0.2, 0.25) is 11.8 Å². The smallest absolute Gasteiger partial charge is 0.246 e. The summed E-state index contributed by atoms with van der Waals surface area (Å²) in [6, 6.07) is -0.459. The molecule has 1 saturated carbocycles. The Bertz CT molecular complexity index is 375. The Morgan fingerprint density at radius 3 is 2.30 bits per heavy atom. The van der Waals surface area contributed by atoms with Gasteiger partial charge in [-0.05, 0) is 38.0 Å². The van der Waals surface area contributed by atoms with Crippen LogP contribution in [0.2, 0.25) is 0 Å². The molecule has 1 heterocycles. The standard InChI is InChI=1S/C16H28N2O2/c1-5-13-16(20)18(11(4)12-8-6-7-9-12)14(10(2)3)15(19)17-13/h10-14H,5-9H2,1-4H3,(H,17,19). The van der Waals surface area contributed by atoms with Gasteiger partial charge in [0.15, 0.2) is 0 Å². The first kappa shape index (κ1) is 15.3. The molecule has 1 N–H and O–H groups in total. The van der Waals surface area contributed by atoms with Crippen molar-refractivity contribution in [3.63, 3.8) is 0 Å². The second kappa shape index (κ2) is 6.15. The molecule has 1 aliphatic carbocycles. The van der Waals surface area contributed by atoms with Crippen molar-refractivity contribution >= 4 is 11.8 Å². The fraction of sp³-hybridized carbons (Fsp3) is 0.875. The van der Waals surface area contributed by atoms with E-state index in [-0.39, 0.29) is 35.9 Å². The normalized spacial score (nSPS) is 29.9. The molecular weight excluding hydrogens is 252 g/mol. The third-order valence-corrected chi connectivity index (χ3v) is 5.00. The molecule has 1 aliphatic heterocycles. The van der Waals surface area contributed by atoms with E-state index in [0.717, 1.165) is 0 Å². The highest BCUT2D eigenvalue weighted by molar-refractivity contribution is 5.97. The molecule has 0 aromatic heterocycles. The molecule has 0 bridgehead atoms. The van der Waals surface area contributed by atoms with Crippen LogP contribution in [0.15, 0.2) is 0 Å². The molecule has 0 spiro atoms. The fourth-order valence-electron chi connectivity index (χ4n) is 3.78. The van der Waals surface area contributed by atoms with Crippen LogP contribution in [0.3, 0.4) is 0 Å². The SMILES string of the molecule is CCC1NC(=O)C(C(C)C)N(C(C)C2CCCC2)C1=O. The molecular formula is C16H28N2O2. The van der Waals surface area contributed by atoms with Crippen molar-refractivity contribution in [3.8, 4) is 0 Å². The summed E-state index contributed by atoms with van der Waals surface area (Å²) in [5.41, 5.74) is 0. The van der Waals surface area contributed by atoms with E-state index in [1.165, 1.54) is 25.7 Å². The summed E-state index contributed by atoms with van der Waals surface area (Å²) in [5, 5.41) is 2.89. The minimum atomic E-state index is -0.332. The van der Waals surface area contributed by atoms with Crippen molar-refractivity contribution in [1.29, 1.82) is 0 Å². The largest absolute Gasteiger partial charge is 0.343 e. The number of nitrogens with one attached hydrogen (secondary N) is 1. The summed E-state index contributed by atoms with van der Waals surface area (Å²) in [7, 11) is 0. The highest BCUT2D eigenvalue weighted by Gasteiger charge is 2.45. The van der Waals surface area contributed by atoms with Gasteiger partial charge < -0.3 is 10.2 Å². The zero-order valence-electron chi connectivity index (χ0n) is 13.2. The van der Waals surface area contributed by atoms with Gasteiger partial charge in [0.1, 0.15) is 12.1 Å². The average Bonchev–Trinajstić information content (AvgIpc) is 2.93. The second-order valence-corrected chi connectivity index (χ2v) is 6.69. The number of hydrogen-bond acceptors (Lipinski definition) is 2. The van der Waals surface area contributed by atoms with Crippen molar-refractivity contribution in [1.82, 2.24) is 10.2 Å². The molecule has 3 unspecified atom stereocenters. The van der Waals surface area contributed by atoms with Crippen LogP contribution in [-0.4, -0.2) is 34.8 Å². The van der Waals surface area contributed by atoms with Gasteiger partial charge in [-0.1, -0.05) is 33.6 Å². The van der Waals surface area contributed by atoms with Crippen LogP contribution in [0.25, 0.3) is 0 Å². The lowest BCUT2D eigenvalue weighted by molar-refractivity contribution is -0.155. The number of carbonyl (C=O) groups excluding carboxylic acids is 2. The van der Waals surface area contributed by atoms with Crippen molar-refractivity contribution in [2.75, 3.05) is 0 Å². The van der Waals surface area contributed by atoms with Crippen LogP contribution >= 0.6 is 0 Å². The average molecular weight is 280 g/mol. The molecule has 4 nitrogen and oxygen atoms in total. The molecule has 0 aromatic rings. The number of hydrogen-bond donors (Lipinski definition) is 1. The molecule has 0 aromatic carbocycles. The van der Waals surface area contributed by atoms with Crippen LogP contribution in [-0.2, 0) is 9.59 Å². The number of rotatable bonds is 4. The van der Waals surface area contributed by atoms with E-state index >= 15 is 0 Å². The maximum atomic E-state index is 12.7. The van der Waals surface area contributed by atoms with E-state index in [2.05, 4.69) is 12.2 Å². The summed E-state index contributed by atoms with van der Waals surface area (Å²) in [6.45, 7) is 8.14. The number of piperazine rings is 1. The fourth-order valence-corrected chi connectivity index (χ4v) is 3.78. The van der Waals surface area contributed by atoms with Crippen molar-refractivity contribution in [2.45, 2.75) is 77.9 Å². The van der Waals surface area contributed by atoms with Gasteiger partial charge in [-0.2, -0.15) is 0 Å². The van der Waals surface area contributed by atoms with Crippen molar-refractivity contribution < 1.29 is 9.59 Å². The number of carbonyl (C=O) groups is 2. The van der Waals surface area contributed by atoms with E-state index in [4.69, 9.17) is 0 Å². The molecule has 1 saturated heterocycles. The minimum absolute atomic E-state index is 0.0243. The van der Waals surface area contributed by atoms with Crippen LogP contribution < -0.4 is 5.32 Å². The molecule has 2 rings (SSSR count). The van der Waals surface area contributed by atoms with Gasteiger partial charge >= 0.3 is 0 Å². The summed E-state index contributed by atoms with van der Waals surface area (Å²) in [4.78, 5) is 27.0. The van der Waals surface area contributed by atoms with Crippen molar-refractivity contribution in [3.05, 3.63) is 0 Å². The lowest BCUT2D eigenvalue weighted by Gasteiger charge is -2.45. The van der Waals surface area contributed by atoms with Gasteiger partial charge in [-0.15, -0.1) is 0 Å². The molecule has 2 aliphatic rings. The number of nitrogens with zero attached hydrogens (tertiary/aromatic N) is 1. The molecule has 4 heteroatoms. The van der Waals surface area contributed by atoms with Gasteiger partial charge in [0.25, 0.3) is 0 Å². The van der Waals surface area contributed by atoms with Gasteiger partial charge in [-0.25, -0.2) is 0 Å². The Hall–Kier alpha value is -1.06. The molecule has 2 amide bonds. The molecule has 0 radical (unpaired) electrons.